The summed E-state index contributed by atoms with van der Waals surface area (Å²) in [4.78, 5) is 38.1. The predicted molar refractivity (Wildman–Crippen MR) is 69.8 cm³/mol. The van der Waals surface area contributed by atoms with Crippen LogP contribution in [0.25, 0.3) is 0 Å². The van der Waals surface area contributed by atoms with Gasteiger partial charge in [-0.05, 0) is 18.2 Å². The number of anilines is 1. The second kappa shape index (κ2) is 5.26. The van der Waals surface area contributed by atoms with E-state index in [2.05, 4.69) is 10.3 Å². The third-order valence-electron chi connectivity index (χ3n) is 2.50. The Hall–Kier alpha value is -2.76. The lowest BCUT2D eigenvalue weighted by molar-refractivity contribution is -0.115. The molecule has 0 atom stereocenters. The molecule has 0 aliphatic carbocycles. The first-order valence-corrected chi connectivity index (χ1v) is 5.55. The number of hydrogen-bond donors (Lipinski definition) is 2. The average Bonchev–Trinajstić information content (AvgIpc) is 2.39. The zero-order valence-electron chi connectivity index (χ0n) is 9.92. The van der Waals surface area contributed by atoms with E-state index in [1.165, 1.54) is 18.3 Å². The van der Waals surface area contributed by atoms with Gasteiger partial charge in [0.2, 0.25) is 5.91 Å². The maximum Gasteiger partial charge on any atom is 0.277 e. The van der Waals surface area contributed by atoms with Crippen molar-refractivity contribution in [1.29, 1.82) is 0 Å². The quantitative estimate of drug-likeness (QED) is 0.831. The summed E-state index contributed by atoms with van der Waals surface area (Å²) < 4.78 is 0. The summed E-state index contributed by atoms with van der Waals surface area (Å²) in [6.45, 7) is 0. The molecule has 0 saturated carbocycles. The number of carbonyl (C=O) groups is 3. The highest BCUT2D eigenvalue weighted by molar-refractivity contribution is 6.68. The van der Waals surface area contributed by atoms with Crippen LogP contribution in [0.3, 0.4) is 0 Å². The second-order valence-corrected chi connectivity index (χ2v) is 3.89. The van der Waals surface area contributed by atoms with Crippen molar-refractivity contribution in [3.05, 3.63) is 42.1 Å². The molecule has 1 aliphatic heterocycles. The number of Topliss-reactive ketones (excluding diaryl/α,β-unsaturated/α-hetero) is 1. The SMILES string of the molecule is NC(=O)c1cccc(NC(=O)C2=NC=CCC2=O)c1. The van der Waals surface area contributed by atoms with E-state index in [1.54, 1.807) is 18.2 Å². The molecule has 0 unspecified atom stereocenters. The molecule has 3 N–H and O–H groups in total. The van der Waals surface area contributed by atoms with Crippen molar-refractivity contribution in [2.75, 3.05) is 5.32 Å². The Morgan fingerprint density at radius 3 is 2.79 bits per heavy atom. The number of nitrogens with zero attached hydrogens (tertiary/aromatic N) is 1. The van der Waals surface area contributed by atoms with Crippen molar-refractivity contribution < 1.29 is 14.4 Å². The van der Waals surface area contributed by atoms with Gasteiger partial charge in [-0.3, -0.25) is 14.4 Å². The molecule has 2 amide bonds. The molecule has 2 rings (SSSR count). The van der Waals surface area contributed by atoms with Gasteiger partial charge in [-0.1, -0.05) is 12.1 Å². The van der Waals surface area contributed by atoms with Gasteiger partial charge in [-0.15, -0.1) is 0 Å². The molecule has 6 heteroatoms. The van der Waals surface area contributed by atoms with Crippen molar-refractivity contribution in [2.45, 2.75) is 6.42 Å². The summed E-state index contributed by atoms with van der Waals surface area (Å²) in [5.41, 5.74) is 5.65. The molecule has 0 aromatic heterocycles. The highest BCUT2D eigenvalue weighted by Crippen LogP contribution is 2.11. The van der Waals surface area contributed by atoms with Crippen LogP contribution in [0.4, 0.5) is 5.69 Å². The number of allylic oxidation sites excluding steroid dienone is 1. The van der Waals surface area contributed by atoms with E-state index in [-0.39, 0.29) is 23.5 Å². The van der Waals surface area contributed by atoms with Crippen LogP contribution >= 0.6 is 0 Å². The van der Waals surface area contributed by atoms with E-state index < -0.39 is 11.8 Å². The number of benzene rings is 1. The molecule has 96 valence electrons. The van der Waals surface area contributed by atoms with Gasteiger partial charge in [0.25, 0.3) is 5.91 Å². The van der Waals surface area contributed by atoms with Gasteiger partial charge in [0.05, 0.1) is 0 Å². The summed E-state index contributed by atoms with van der Waals surface area (Å²) in [7, 11) is 0. The number of primary amides is 1. The maximum absolute atomic E-state index is 11.8. The molecule has 0 bridgehead atoms. The first-order valence-electron chi connectivity index (χ1n) is 5.55. The topological polar surface area (TPSA) is 102 Å². The Morgan fingerprint density at radius 2 is 2.11 bits per heavy atom. The highest BCUT2D eigenvalue weighted by Gasteiger charge is 2.20. The van der Waals surface area contributed by atoms with Crippen molar-refractivity contribution in [2.24, 2.45) is 10.7 Å². The van der Waals surface area contributed by atoms with Crippen molar-refractivity contribution in [1.82, 2.24) is 0 Å². The van der Waals surface area contributed by atoms with Gasteiger partial charge < -0.3 is 11.1 Å². The van der Waals surface area contributed by atoms with Crippen LogP contribution in [0, 0.1) is 0 Å². The number of nitrogens with two attached hydrogens (primary N) is 1. The Kier molecular flexibility index (Phi) is 3.51. The largest absolute Gasteiger partial charge is 0.366 e. The molecular weight excluding hydrogens is 246 g/mol. The van der Waals surface area contributed by atoms with E-state index in [0.717, 1.165) is 0 Å². The minimum atomic E-state index is -0.601. The summed E-state index contributed by atoms with van der Waals surface area (Å²) in [6.07, 6.45) is 3.15. The van der Waals surface area contributed by atoms with Gasteiger partial charge in [0.15, 0.2) is 11.5 Å². The zero-order valence-corrected chi connectivity index (χ0v) is 9.92. The van der Waals surface area contributed by atoms with Gasteiger partial charge >= 0.3 is 0 Å². The van der Waals surface area contributed by atoms with Gasteiger partial charge in [-0.25, -0.2) is 4.99 Å². The van der Waals surface area contributed by atoms with E-state index in [1.807, 2.05) is 0 Å². The lowest BCUT2D eigenvalue weighted by atomic mass is 10.1. The molecule has 19 heavy (non-hydrogen) atoms. The number of ketones is 1. The molecule has 1 aromatic carbocycles. The Morgan fingerprint density at radius 1 is 1.32 bits per heavy atom. The normalized spacial score (nSPS) is 13.9. The summed E-state index contributed by atoms with van der Waals surface area (Å²) in [5, 5.41) is 2.51. The molecular formula is C13H11N3O3. The molecule has 0 fully saturated rings. The smallest absolute Gasteiger partial charge is 0.277 e. The van der Waals surface area contributed by atoms with E-state index in [9.17, 15) is 14.4 Å². The fraction of sp³-hybridized carbons (Fsp3) is 0.0769. The highest BCUT2D eigenvalue weighted by atomic mass is 16.2. The molecule has 1 aliphatic rings. The van der Waals surface area contributed by atoms with E-state index in [0.29, 0.717) is 5.69 Å². The summed E-state index contributed by atoms with van der Waals surface area (Å²) >= 11 is 0. The van der Waals surface area contributed by atoms with Crippen molar-refractivity contribution in [3.63, 3.8) is 0 Å². The third-order valence-corrected chi connectivity index (χ3v) is 2.50. The molecule has 1 heterocycles. The Balaban J connectivity index is 2.17. The Labute approximate surface area is 109 Å². The van der Waals surface area contributed by atoms with Crippen LogP contribution in [-0.2, 0) is 9.59 Å². The average molecular weight is 257 g/mol. The van der Waals surface area contributed by atoms with Gasteiger partial charge in [-0.2, -0.15) is 0 Å². The van der Waals surface area contributed by atoms with Gasteiger partial charge in [0.1, 0.15) is 0 Å². The monoisotopic (exact) mass is 257 g/mol. The molecule has 0 spiro atoms. The minimum Gasteiger partial charge on any atom is -0.366 e. The Bertz CT molecular complexity index is 617. The van der Waals surface area contributed by atoms with Crippen LogP contribution in [0.15, 0.2) is 41.5 Å². The van der Waals surface area contributed by atoms with E-state index >= 15 is 0 Å². The first kappa shape index (κ1) is 12.7. The van der Waals surface area contributed by atoms with Crippen LogP contribution < -0.4 is 11.1 Å². The number of rotatable bonds is 3. The third kappa shape index (κ3) is 2.92. The summed E-state index contributed by atoms with van der Waals surface area (Å²) in [5.74, 6) is -1.54. The van der Waals surface area contributed by atoms with Crippen LogP contribution in [0.5, 0.6) is 0 Å². The molecule has 1 aromatic rings. The molecule has 0 radical (unpaired) electrons. The van der Waals surface area contributed by atoms with Crippen LogP contribution in [0.2, 0.25) is 0 Å². The minimum absolute atomic E-state index is 0.146. The van der Waals surface area contributed by atoms with Crippen molar-refractivity contribution in [3.8, 4) is 0 Å². The first-order chi connectivity index (χ1) is 9.08. The number of nitrogens with one attached hydrogen (secondary N) is 1. The van der Waals surface area contributed by atoms with Crippen LogP contribution in [0.1, 0.15) is 16.8 Å². The number of hydrogen-bond acceptors (Lipinski definition) is 4. The van der Waals surface area contributed by atoms with Crippen molar-refractivity contribution >= 4 is 29.0 Å². The van der Waals surface area contributed by atoms with E-state index in [4.69, 9.17) is 5.73 Å². The number of carbonyl (C=O) groups excluding carboxylic acids is 3. The number of amides is 2. The lowest BCUT2D eigenvalue weighted by Crippen LogP contribution is -2.30. The maximum atomic E-state index is 11.8. The predicted octanol–water partition coefficient (Wildman–Crippen LogP) is 0.651. The fourth-order valence-corrected chi connectivity index (χ4v) is 1.58. The lowest BCUT2D eigenvalue weighted by Gasteiger charge is -2.08. The van der Waals surface area contributed by atoms with Crippen LogP contribution in [-0.4, -0.2) is 23.3 Å². The fourth-order valence-electron chi connectivity index (χ4n) is 1.58. The standard InChI is InChI=1S/C13H11N3O3/c14-12(18)8-3-1-4-9(7-8)16-13(19)11-10(17)5-2-6-15-11/h1-4,6-7H,5H2,(H2,14,18)(H,16,19). The zero-order chi connectivity index (χ0) is 13.8. The second-order valence-electron chi connectivity index (χ2n) is 3.89. The number of aliphatic imine (C=N–C) groups is 1. The summed E-state index contributed by atoms with van der Waals surface area (Å²) in [6, 6.07) is 6.14. The molecule has 0 saturated heterocycles. The molecule has 6 nitrogen and oxygen atoms in total. The van der Waals surface area contributed by atoms with Gasteiger partial charge in [0, 0.05) is 23.9 Å².